The van der Waals surface area contributed by atoms with E-state index in [-0.39, 0.29) is 5.82 Å². The summed E-state index contributed by atoms with van der Waals surface area (Å²) >= 11 is 11.1. The molecule has 110 valence electrons. The van der Waals surface area contributed by atoms with Crippen molar-refractivity contribution in [1.82, 2.24) is 15.1 Å². The summed E-state index contributed by atoms with van der Waals surface area (Å²) in [6.07, 6.45) is 5.16. The van der Waals surface area contributed by atoms with E-state index in [0.717, 1.165) is 11.3 Å². The third kappa shape index (κ3) is 4.54. The molecule has 7 heteroatoms. The van der Waals surface area contributed by atoms with E-state index in [2.05, 4.69) is 22.3 Å². The van der Waals surface area contributed by atoms with E-state index >= 15 is 0 Å². The van der Waals surface area contributed by atoms with Gasteiger partial charge in [-0.15, -0.1) is 6.58 Å². The number of thiocarbonyl (C=S) groups is 1. The lowest BCUT2D eigenvalue weighted by Gasteiger charge is -2.06. The average Bonchev–Trinajstić information content (AvgIpc) is 2.87. The normalized spacial score (nSPS) is 10.2. The van der Waals surface area contributed by atoms with Crippen LogP contribution in [0.2, 0.25) is 5.02 Å². The number of rotatable bonds is 5. The summed E-state index contributed by atoms with van der Waals surface area (Å²) in [5.41, 5.74) is 1.55. The number of nitrogens with one attached hydrogen (secondary N) is 2. The molecule has 0 fully saturated rings. The molecule has 2 rings (SSSR count). The molecule has 0 spiro atoms. The zero-order valence-electron chi connectivity index (χ0n) is 11.1. The van der Waals surface area contributed by atoms with E-state index in [4.69, 9.17) is 23.8 Å². The lowest BCUT2D eigenvalue weighted by molar-refractivity contribution is 0.624. The molecule has 0 amide bonds. The van der Waals surface area contributed by atoms with Gasteiger partial charge >= 0.3 is 0 Å². The number of benzene rings is 1. The van der Waals surface area contributed by atoms with Crippen LogP contribution >= 0.6 is 23.8 Å². The molecule has 4 nitrogen and oxygen atoms in total. The van der Waals surface area contributed by atoms with Gasteiger partial charge < -0.3 is 10.6 Å². The van der Waals surface area contributed by atoms with Crippen molar-refractivity contribution in [2.45, 2.75) is 6.54 Å². The van der Waals surface area contributed by atoms with Crippen LogP contribution < -0.4 is 10.6 Å². The lowest BCUT2D eigenvalue weighted by atomic mass is 10.2. The van der Waals surface area contributed by atoms with E-state index in [1.54, 1.807) is 29.2 Å². The predicted octanol–water partition coefficient (Wildman–Crippen LogP) is 3.20. The summed E-state index contributed by atoms with van der Waals surface area (Å²) in [6, 6.07) is 4.30. The molecule has 0 saturated heterocycles. The SMILES string of the molecule is C=CCNC(=S)Nc1cnn(Cc2ccc(F)cc2Cl)c1. The van der Waals surface area contributed by atoms with Gasteiger partial charge in [0.05, 0.1) is 18.4 Å². The van der Waals surface area contributed by atoms with Crippen molar-refractivity contribution in [3.63, 3.8) is 0 Å². The van der Waals surface area contributed by atoms with Crippen LogP contribution in [0, 0.1) is 5.82 Å². The largest absolute Gasteiger partial charge is 0.359 e. The molecule has 0 radical (unpaired) electrons. The standard InChI is InChI=1S/C14H14ClFN4S/c1-2-5-17-14(21)19-12-7-18-20(9-12)8-10-3-4-11(16)6-13(10)15/h2-4,6-7,9H,1,5,8H2,(H2,17,19,21). The number of anilines is 1. The molecule has 0 saturated carbocycles. The lowest BCUT2D eigenvalue weighted by Crippen LogP contribution is -2.28. The molecule has 1 aromatic carbocycles. The van der Waals surface area contributed by atoms with Gasteiger partial charge in [-0.1, -0.05) is 23.7 Å². The van der Waals surface area contributed by atoms with E-state index < -0.39 is 0 Å². The highest BCUT2D eigenvalue weighted by Gasteiger charge is 2.05. The Kier molecular flexibility index (Phi) is 5.30. The number of hydrogen-bond acceptors (Lipinski definition) is 2. The van der Waals surface area contributed by atoms with Crippen LogP contribution in [-0.4, -0.2) is 21.4 Å². The van der Waals surface area contributed by atoms with Gasteiger partial charge in [0, 0.05) is 17.8 Å². The summed E-state index contributed by atoms with van der Waals surface area (Å²) in [6.45, 7) is 4.64. The Morgan fingerprint density at radius 2 is 2.33 bits per heavy atom. The van der Waals surface area contributed by atoms with Crippen molar-refractivity contribution in [2.75, 3.05) is 11.9 Å². The Morgan fingerprint density at radius 3 is 3.05 bits per heavy atom. The van der Waals surface area contributed by atoms with E-state index in [1.807, 2.05) is 0 Å². The Bertz CT molecular complexity index is 656. The molecule has 0 aliphatic carbocycles. The fourth-order valence-corrected chi connectivity index (χ4v) is 2.11. The van der Waals surface area contributed by atoms with E-state index in [1.165, 1.54) is 12.1 Å². The topological polar surface area (TPSA) is 41.9 Å². The summed E-state index contributed by atoms with van der Waals surface area (Å²) in [5, 5.41) is 11.0. The van der Waals surface area contributed by atoms with Gasteiger partial charge in [-0.3, -0.25) is 4.68 Å². The summed E-state index contributed by atoms with van der Waals surface area (Å²) < 4.78 is 14.7. The molecule has 2 aromatic rings. The first kappa shape index (κ1) is 15.5. The molecule has 1 aromatic heterocycles. The van der Waals surface area contributed by atoms with Gasteiger partial charge in [0.2, 0.25) is 0 Å². The molecule has 2 N–H and O–H groups in total. The predicted molar refractivity (Wildman–Crippen MR) is 87.2 cm³/mol. The molecule has 0 unspecified atom stereocenters. The number of halogens is 2. The summed E-state index contributed by atoms with van der Waals surface area (Å²) in [5.74, 6) is -0.356. The first-order valence-corrected chi connectivity index (χ1v) is 6.99. The smallest absolute Gasteiger partial charge is 0.171 e. The minimum atomic E-state index is -0.356. The summed E-state index contributed by atoms with van der Waals surface area (Å²) in [7, 11) is 0. The zero-order valence-corrected chi connectivity index (χ0v) is 12.7. The first-order valence-electron chi connectivity index (χ1n) is 6.20. The zero-order chi connectivity index (χ0) is 15.2. The maximum absolute atomic E-state index is 13.0. The Hall–Kier alpha value is -1.92. The van der Waals surface area contributed by atoms with Gasteiger partial charge in [0.15, 0.2) is 5.11 Å². The fourth-order valence-electron chi connectivity index (χ4n) is 1.68. The highest BCUT2D eigenvalue weighted by Crippen LogP contribution is 2.18. The summed E-state index contributed by atoms with van der Waals surface area (Å²) in [4.78, 5) is 0. The Labute approximate surface area is 132 Å². The highest BCUT2D eigenvalue weighted by atomic mass is 35.5. The first-order chi connectivity index (χ1) is 10.1. The van der Waals surface area contributed by atoms with Crippen molar-refractivity contribution in [3.8, 4) is 0 Å². The average molecular weight is 325 g/mol. The van der Waals surface area contributed by atoms with Crippen LogP contribution in [0.4, 0.5) is 10.1 Å². The van der Waals surface area contributed by atoms with Crippen molar-refractivity contribution in [1.29, 1.82) is 0 Å². The van der Waals surface area contributed by atoms with Crippen LogP contribution in [0.15, 0.2) is 43.2 Å². The molecule has 21 heavy (non-hydrogen) atoms. The third-order valence-electron chi connectivity index (χ3n) is 2.65. The number of hydrogen-bond donors (Lipinski definition) is 2. The van der Waals surface area contributed by atoms with E-state index in [9.17, 15) is 4.39 Å². The second-order valence-corrected chi connectivity index (χ2v) is 5.10. The van der Waals surface area contributed by atoms with Crippen molar-refractivity contribution >= 4 is 34.6 Å². The van der Waals surface area contributed by atoms with Gasteiger partial charge in [0.1, 0.15) is 5.82 Å². The molecule has 1 heterocycles. The van der Waals surface area contributed by atoms with Gasteiger partial charge in [-0.25, -0.2) is 4.39 Å². The number of nitrogens with zero attached hydrogens (tertiary/aromatic N) is 2. The maximum Gasteiger partial charge on any atom is 0.171 e. The second-order valence-electron chi connectivity index (χ2n) is 4.29. The van der Waals surface area contributed by atoms with Crippen LogP contribution in [-0.2, 0) is 6.54 Å². The monoisotopic (exact) mass is 324 g/mol. The highest BCUT2D eigenvalue weighted by molar-refractivity contribution is 7.80. The van der Waals surface area contributed by atoms with Gasteiger partial charge in [-0.05, 0) is 29.9 Å². The number of aromatic nitrogens is 2. The molecular formula is C14H14ClFN4S. The molecule has 0 bridgehead atoms. The Morgan fingerprint density at radius 1 is 1.52 bits per heavy atom. The minimum absolute atomic E-state index is 0.356. The second kappa shape index (κ2) is 7.19. The van der Waals surface area contributed by atoms with Crippen molar-refractivity contribution in [3.05, 3.63) is 59.7 Å². The Balaban J connectivity index is 1.99. The molecule has 0 aliphatic rings. The van der Waals surface area contributed by atoms with E-state index in [0.29, 0.717) is 23.2 Å². The van der Waals surface area contributed by atoms with Crippen LogP contribution in [0.3, 0.4) is 0 Å². The van der Waals surface area contributed by atoms with Crippen LogP contribution in [0.25, 0.3) is 0 Å². The molecule has 0 aliphatic heterocycles. The van der Waals surface area contributed by atoms with Crippen LogP contribution in [0.5, 0.6) is 0 Å². The minimum Gasteiger partial charge on any atom is -0.359 e. The maximum atomic E-state index is 13.0. The van der Waals surface area contributed by atoms with Crippen molar-refractivity contribution < 1.29 is 4.39 Å². The van der Waals surface area contributed by atoms with Gasteiger partial charge in [-0.2, -0.15) is 5.10 Å². The van der Waals surface area contributed by atoms with Crippen LogP contribution in [0.1, 0.15) is 5.56 Å². The molecule has 0 atom stereocenters. The third-order valence-corrected chi connectivity index (χ3v) is 3.24. The fraction of sp³-hybridized carbons (Fsp3) is 0.143. The van der Waals surface area contributed by atoms with Gasteiger partial charge in [0.25, 0.3) is 0 Å². The molecular weight excluding hydrogens is 311 g/mol. The van der Waals surface area contributed by atoms with Crippen molar-refractivity contribution in [2.24, 2.45) is 0 Å². The quantitative estimate of drug-likeness (QED) is 0.654.